The van der Waals surface area contributed by atoms with Gasteiger partial charge in [-0.15, -0.1) is 11.3 Å². The van der Waals surface area contributed by atoms with Crippen molar-refractivity contribution in [2.24, 2.45) is 0 Å². The average molecular weight is 493 g/mol. The zero-order valence-electron chi connectivity index (χ0n) is 18.6. The Kier molecular flexibility index (Phi) is 5.84. The maximum Gasteiger partial charge on any atom is 0.272 e. The molecule has 2 saturated heterocycles. The van der Waals surface area contributed by atoms with Crippen molar-refractivity contribution >= 4 is 55.1 Å². The lowest BCUT2D eigenvalue weighted by Gasteiger charge is -2.17. The molecule has 1 atom stereocenters. The van der Waals surface area contributed by atoms with E-state index in [4.69, 9.17) is 9.72 Å². The lowest BCUT2D eigenvalue weighted by Crippen LogP contribution is -2.28. The van der Waals surface area contributed by atoms with E-state index in [2.05, 4.69) is 17.1 Å². The van der Waals surface area contributed by atoms with Crippen molar-refractivity contribution in [3.05, 3.63) is 58.5 Å². The fraction of sp³-hybridized carbons (Fsp3) is 0.360. The van der Waals surface area contributed by atoms with Gasteiger partial charge >= 0.3 is 0 Å². The van der Waals surface area contributed by atoms with Gasteiger partial charge in [0.05, 0.1) is 18.2 Å². The van der Waals surface area contributed by atoms with Gasteiger partial charge < -0.3 is 9.64 Å². The Morgan fingerprint density at radius 2 is 2.03 bits per heavy atom. The number of ether oxygens (including phenoxy) is 1. The Labute approximate surface area is 204 Å². The lowest BCUT2D eigenvalue weighted by atomic mass is 10.2. The van der Waals surface area contributed by atoms with E-state index in [1.54, 1.807) is 22.5 Å². The number of rotatable bonds is 6. The molecule has 0 saturated carbocycles. The topological polar surface area (TPSA) is 77.3 Å². The molecule has 2 fully saturated rings. The highest BCUT2D eigenvalue weighted by atomic mass is 32.2. The van der Waals surface area contributed by atoms with Gasteiger partial charge in [-0.2, -0.15) is 0 Å². The van der Waals surface area contributed by atoms with Gasteiger partial charge in [0.2, 0.25) is 5.91 Å². The number of carbonyl (C=O) groups is 1. The minimum Gasteiger partial charge on any atom is -0.376 e. The van der Waals surface area contributed by atoms with Gasteiger partial charge in [-0.3, -0.25) is 14.2 Å². The fourth-order valence-electron chi connectivity index (χ4n) is 4.65. The fourth-order valence-corrected chi connectivity index (χ4v) is 6.63. The Hall–Kier alpha value is -2.75. The van der Waals surface area contributed by atoms with E-state index in [1.807, 2.05) is 29.2 Å². The number of nitrogens with zero attached hydrogens (tertiary/aromatic N) is 4. The number of hydrogen-bond acceptors (Lipinski definition) is 7. The molecule has 2 aliphatic rings. The van der Waals surface area contributed by atoms with Crippen LogP contribution in [0.15, 0.2) is 52.5 Å². The highest BCUT2D eigenvalue weighted by Gasteiger charge is 2.23. The molecule has 0 aliphatic carbocycles. The molecule has 0 radical (unpaired) electrons. The number of pyridine rings is 1. The standard InChI is InChI=1S/C25H24N4O3S2/c30-20-6-2-12-28(20)17-9-7-16(8-10-17)15-33-25-27-21-19-5-1-11-26-23(19)34-22(21)24(31)29(25)14-18-4-3-13-32-18/h1,5,7-11,18H,2-4,6,12-15H2/t18-/m0/s1. The van der Waals surface area contributed by atoms with Crippen LogP contribution in [0.25, 0.3) is 20.4 Å². The third-order valence-corrected chi connectivity index (χ3v) is 8.56. The van der Waals surface area contributed by atoms with Gasteiger partial charge in [0.15, 0.2) is 5.16 Å². The van der Waals surface area contributed by atoms with Crippen LogP contribution in [-0.2, 0) is 21.8 Å². The quantitative estimate of drug-likeness (QED) is 0.289. The number of thiophene rings is 1. The highest BCUT2D eigenvalue weighted by Crippen LogP contribution is 2.32. The molecule has 0 unspecified atom stereocenters. The number of hydrogen-bond donors (Lipinski definition) is 0. The van der Waals surface area contributed by atoms with Crippen molar-refractivity contribution in [2.45, 2.75) is 49.2 Å². The minimum atomic E-state index is -0.0195. The first-order valence-electron chi connectivity index (χ1n) is 11.6. The molecule has 7 nitrogen and oxygen atoms in total. The predicted octanol–water partition coefficient (Wildman–Crippen LogP) is 4.60. The maximum atomic E-state index is 13.5. The number of amides is 1. The molecule has 4 aromatic rings. The monoisotopic (exact) mass is 492 g/mol. The molecular formula is C25H24N4O3S2. The number of carbonyl (C=O) groups excluding carboxylic acids is 1. The summed E-state index contributed by atoms with van der Waals surface area (Å²) in [6, 6.07) is 12.0. The van der Waals surface area contributed by atoms with Crippen LogP contribution in [0, 0.1) is 0 Å². The molecule has 1 amide bonds. The Balaban J connectivity index is 1.32. The number of benzene rings is 1. The molecule has 0 N–H and O–H groups in total. The molecule has 5 heterocycles. The predicted molar refractivity (Wildman–Crippen MR) is 136 cm³/mol. The molecule has 3 aromatic heterocycles. The third-order valence-electron chi connectivity index (χ3n) is 6.42. The van der Waals surface area contributed by atoms with Crippen LogP contribution in [-0.4, -0.2) is 39.7 Å². The van der Waals surface area contributed by atoms with Crippen LogP contribution < -0.4 is 10.5 Å². The summed E-state index contributed by atoms with van der Waals surface area (Å²) >= 11 is 2.97. The molecular weight excluding hydrogens is 468 g/mol. The van der Waals surface area contributed by atoms with E-state index < -0.39 is 0 Å². The van der Waals surface area contributed by atoms with Crippen molar-refractivity contribution in [1.29, 1.82) is 0 Å². The SMILES string of the molecule is O=C1CCCN1c1ccc(CSc2nc3c(sc4ncccc43)c(=O)n2C[C@@H]2CCCO2)cc1. The van der Waals surface area contributed by atoms with E-state index in [0.29, 0.717) is 28.6 Å². The van der Waals surface area contributed by atoms with E-state index in [9.17, 15) is 9.59 Å². The number of fused-ring (bicyclic) bond motifs is 3. The molecule has 1 aromatic carbocycles. The second-order valence-electron chi connectivity index (χ2n) is 8.69. The van der Waals surface area contributed by atoms with Crippen LogP contribution in [0.5, 0.6) is 0 Å². The van der Waals surface area contributed by atoms with Gasteiger partial charge in [0.25, 0.3) is 5.56 Å². The van der Waals surface area contributed by atoms with Gasteiger partial charge in [-0.1, -0.05) is 23.9 Å². The second-order valence-corrected chi connectivity index (χ2v) is 10.6. The summed E-state index contributed by atoms with van der Waals surface area (Å²) < 4.78 is 8.27. The molecule has 2 aliphatic heterocycles. The lowest BCUT2D eigenvalue weighted by molar-refractivity contribution is -0.117. The van der Waals surface area contributed by atoms with Crippen molar-refractivity contribution < 1.29 is 9.53 Å². The summed E-state index contributed by atoms with van der Waals surface area (Å²) in [6.07, 6.45) is 5.31. The molecule has 0 spiro atoms. The molecule has 34 heavy (non-hydrogen) atoms. The smallest absolute Gasteiger partial charge is 0.272 e. The van der Waals surface area contributed by atoms with Gasteiger partial charge in [0.1, 0.15) is 9.53 Å². The molecule has 6 rings (SSSR count). The molecule has 174 valence electrons. The van der Waals surface area contributed by atoms with Crippen LogP contribution >= 0.6 is 23.1 Å². The number of thioether (sulfide) groups is 1. The van der Waals surface area contributed by atoms with Crippen LogP contribution in [0.3, 0.4) is 0 Å². The minimum absolute atomic E-state index is 0.0195. The normalized spacial score (nSPS) is 18.5. The van der Waals surface area contributed by atoms with Gasteiger partial charge in [-0.05, 0) is 49.1 Å². The van der Waals surface area contributed by atoms with Crippen molar-refractivity contribution in [3.63, 3.8) is 0 Å². The first-order chi connectivity index (χ1) is 16.7. The highest BCUT2D eigenvalue weighted by molar-refractivity contribution is 7.98. The summed E-state index contributed by atoms with van der Waals surface area (Å²) in [4.78, 5) is 37.6. The number of aromatic nitrogens is 3. The van der Waals surface area contributed by atoms with E-state index in [-0.39, 0.29) is 17.6 Å². The van der Waals surface area contributed by atoms with Crippen molar-refractivity contribution in [2.75, 3.05) is 18.1 Å². The average Bonchev–Trinajstić information content (AvgIpc) is 3.61. The summed E-state index contributed by atoms with van der Waals surface area (Å²) in [6.45, 7) is 2.05. The summed E-state index contributed by atoms with van der Waals surface area (Å²) in [5.41, 5.74) is 2.78. The first-order valence-corrected chi connectivity index (χ1v) is 13.4. The summed E-state index contributed by atoms with van der Waals surface area (Å²) in [7, 11) is 0. The largest absolute Gasteiger partial charge is 0.376 e. The van der Waals surface area contributed by atoms with E-state index in [1.165, 1.54) is 11.3 Å². The van der Waals surface area contributed by atoms with Gasteiger partial charge in [0, 0.05) is 42.6 Å². The van der Waals surface area contributed by atoms with Crippen molar-refractivity contribution in [1.82, 2.24) is 14.5 Å². The van der Waals surface area contributed by atoms with Gasteiger partial charge in [-0.25, -0.2) is 9.97 Å². The zero-order chi connectivity index (χ0) is 23.1. The summed E-state index contributed by atoms with van der Waals surface area (Å²) in [5, 5.41) is 1.63. The van der Waals surface area contributed by atoms with Crippen LogP contribution in [0.4, 0.5) is 5.69 Å². The Morgan fingerprint density at radius 3 is 2.79 bits per heavy atom. The second kappa shape index (κ2) is 9.13. The molecule has 9 heteroatoms. The van der Waals surface area contributed by atoms with E-state index >= 15 is 0 Å². The Morgan fingerprint density at radius 1 is 1.15 bits per heavy atom. The zero-order valence-corrected chi connectivity index (χ0v) is 20.2. The third kappa shape index (κ3) is 4.01. The van der Waals surface area contributed by atoms with Crippen molar-refractivity contribution in [3.8, 4) is 0 Å². The maximum absolute atomic E-state index is 13.5. The van der Waals surface area contributed by atoms with Crippen LogP contribution in [0.1, 0.15) is 31.2 Å². The Bertz CT molecular complexity index is 1420. The van der Waals surface area contributed by atoms with Crippen LogP contribution in [0.2, 0.25) is 0 Å². The number of anilines is 1. The summed E-state index contributed by atoms with van der Waals surface area (Å²) in [5.74, 6) is 0.869. The molecule has 0 bridgehead atoms. The first kappa shape index (κ1) is 21.8. The van der Waals surface area contributed by atoms with E-state index in [0.717, 1.165) is 59.4 Å².